The first-order chi connectivity index (χ1) is 16.1. The molecule has 4 rings (SSSR count). The van der Waals surface area contributed by atoms with E-state index in [0.717, 1.165) is 27.6 Å². The van der Waals surface area contributed by atoms with E-state index in [1.165, 1.54) is 31.2 Å². The summed E-state index contributed by atoms with van der Waals surface area (Å²) in [7, 11) is 0. The van der Waals surface area contributed by atoms with Gasteiger partial charge in [0, 0.05) is 5.69 Å². The summed E-state index contributed by atoms with van der Waals surface area (Å²) in [6, 6.07) is 14.4. The first-order valence-corrected chi connectivity index (χ1v) is 10.1. The fourth-order valence-corrected chi connectivity index (χ4v) is 3.61. The summed E-state index contributed by atoms with van der Waals surface area (Å²) in [4.78, 5) is 25.5. The fourth-order valence-electron chi connectivity index (χ4n) is 3.61. The number of nitrogens with zero attached hydrogens (tertiary/aromatic N) is 2. The number of rotatable bonds is 4. The van der Waals surface area contributed by atoms with Crippen LogP contribution in [0.5, 0.6) is 5.75 Å². The van der Waals surface area contributed by atoms with E-state index in [2.05, 4.69) is 15.6 Å². The summed E-state index contributed by atoms with van der Waals surface area (Å²) in [5.41, 5.74) is 1.94. The van der Waals surface area contributed by atoms with Crippen molar-refractivity contribution in [1.82, 2.24) is 15.2 Å². The van der Waals surface area contributed by atoms with Crippen LogP contribution in [-0.2, 0) is 6.18 Å². The van der Waals surface area contributed by atoms with Crippen LogP contribution < -0.4 is 11.0 Å². The number of aromatic amines is 1. The average Bonchev–Trinajstić information content (AvgIpc) is 3.10. The van der Waals surface area contributed by atoms with Crippen molar-refractivity contribution in [3.05, 3.63) is 93.4 Å². The molecule has 0 saturated carbocycles. The molecule has 10 heteroatoms. The highest BCUT2D eigenvalue weighted by Crippen LogP contribution is 2.29. The maximum atomic E-state index is 12.9. The molecule has 0 fully saturated rings. The number of fused-ring (bicyclic) bond motifs is 1. The van der Waals surface area contributed by atoms with E-state index < -0.39 is 23.2 Å². The van der Waals surface area contributed by atoms with Crippen LogP contribution in [0.2, 0.25) is 0 Å². The zero-order valence-corrected chi connectivity index (χ0v) is 18.1. The number of phenolic OH excluding ortho intramolecular Hbond substituents is 1. The highest BCUT2D eigenvalue weighted by atomic mass is 19.4. The lowest BCUT2D eigenvalue weighted by Crippen LogP contribution is -2.23. The largest absolute Gasteiger partial charge is 0.507 e. The molecule has 0 radical (unpaired) electrons. The zero-order valence-electron chi connectivity index (χ0n) is 18.1. The number of benzene rings is 3. The number of nitrogens with one attached hydrogen (secondary N) is 2. The maximum absolute atomic E-state index is 12.9. The third-order valence-corrected chi connectivity index (χ3v) is 5.32. The van der Waals surface area contributed by atoms with Crippen LogP contribution in [0.1, 0.15) is 34.1 Å². The Morgan fingerprint density at radius 2 is 1.68 bits per heavy atom. The van der Waals surface area contributed by atoms with Crippen molar-refractivity contribution in [1.29, 1.82) is 0 Å². The molecule has 3 N–H and O–H groups in total. The number of carbonyl (C=O) groups is 1. The van der Waals surface area contributed by atoms with Crippen molar-refractivity contribution in [2.24, 2.45) is 5.10 Å². The third-order valence-electron chi connectivity index (χ3n) is 5.32. The van der Waals surface area contributed by atoms with Gasteiger partial charge in [-0.15, -0.1) is 0 Å². The quantitative estimate of drug-likeness (QED) is 0.304. The molecule has 3 aromatic carbocycles. The van der Waals surface area contributed by atoms with E-state index in [9.17, 15) is 27.9 Å². The molecule has 174 valence electrons. The number of phenols is 1. The van der Waals surface area contributed by atoms with Crippen molar-refractivity contribution in [2.45, 2.75) is 20.0 Å². The van der Waals surface area contributed by atoms with Crippen molar-refractivity contribution >= 4 is 22.4 Å². The van der Waals surface area contributed by atoms with Crippen LogP contribution in [0.15, 0.2) is 70.6 Å². The van der Waals surface area contributed by atoms with Gasteiger partial charge < -0.3 is 5.11 Å². The summed E-state index contributed by atoms with van der Waals surface area (Å²) in [6.45, 7) is 3.11. The molecule has 0 atom stereocenters. The van der Waals surface area contributed by atoms with Gasteiger partial charge in [-0.3, -0.25) is 14.7 Å². The number of amides is 1. The van der Waals surface area contributed by atoms with E-state index in [4.69, 9.17) is 0 Å². The predicted molar refractivity (Wildman–Crippen MR) is 121 cm³/mol. The number of aromatic nitrogens is 2. The number of halogens is 3. The van der Waals surface area contributed by atoms with E-state index >= 15 is 0 Å². The first kappa shape index (κ1) is 22.8. The van der Waals surface area contributed by atoms with E-state index in [0.29, 0.717) is 5.69 Å². The molecule has 1 amide bonds. The Balaban J connectivity index is 1.60. The fraction of sp³-hybridized carbons (Fsp3) is 0.125. The Labute approximate surface area is 191 Å². The second kappa shape index (κ2) is 8.54. The Kier molecular flexibility index (Phi) is 5.74. The van der Waals surface area contributed by atoms with Crippen LogP contribution in [0.25, 0.3) is 16.5 Å². The number of aromatic hydroxyl groups is 1. The van der Waals surface area contributed by atoms with Crippen LogP contribution in [-0.4, -0.2) is 26.5 Å². The lowest BCUT2D eigenvalue weighted by Gasteiger charge is -2.07. The lowest BCUT2D eigenvalue weighted by molar-refractivity contribution is -0.137. The highest BCUT2D eigenvalue weighted by molar-refractivity contribution is 6.04. The second-order valence-electron chi connectivity index (χ2n) is 7.65. The lowest BCUT2D eigenvalue weighted by atomic mass is 10.1. The molecule has 0 unspecified atom stereocenters. The summed E-state index contributed by atoms with van der Waals surface area (Å²) in [5.74, 6) is -0.884. The molecule has 0 aliphatic heterocycles. The van der Waals surface area contributed by atoms with Gasteiger partial charge in [0.05, 0.1) is 28.1 Å². The van der Waals surface area contributed by atoms with Gasteiger partial charge in [-0.25, -0.2) is 10.1 Å². The molecule has 0 saturated heterocycles. The van der Waals surface area contributed by atoms with E-state index in [1.54, 1.807) is 25.1 Å². The second-order valence-corrected chi connectivity index (χ2v) is 7.65. The van der Waals surface area contributed by atoms with Gasteiger partial charge in [0.25, 0.3) is 11.5 Å². The van der Waals surface area contributed by atoms with Gasteiger partial charge in [-0.1, -0.05) is 24.3 Å². The summed E-state index contributed by atoms with van der Waals surface area (Å²) in [5, 5.41) is 18.5. The van der Waals surface area contributed by atoms with Gasteiger partial charge in [-0.2, -0.15) is 18.3 Å². The minimum Gasteiger partial charge on any atom is -0.507 e. The van der Waals surface area contributed by atoms with Gasteiger partial charge in [0.2, 0.25) is 0 Å². The molecule has 34 heavy (non-hydrogen) atoms. The van der Waals surface area contributed by atoms with Crippen molar-refractivity contribution in [3.8, 4) is 11.4 Å². The van der Waals surface area contributed by atoms with Crippen LogP contribution in [0, 0.1) is 6.92 Å². The summed E-state index contributed by atoms with van der Waals surface area (Å²) >= 11 is 0. The molecule has 0 aliphatic carbocycles. The maximum Gasteiger partial charge on any atom is 0.416 e. The van der Waals surface area contributed by atoms with Crippen molar-refractivity contribution in [2.75, 3.05) is 0 Å². The molecule has 1 aromatic heterocycles. The summed E-state index contributed by atoms with van der Waals surface area (Å²) < 4.78 is 39.5. The zero-order chi connectivity index (χ0) is 24.6. The Hall–Kier alpha value is -4.34. The Morgan fingerprint density at radius 1 is 1.06 bits per heavy atom. The number of hydrazone groups is 1. The number of H-pyrrole nitrogens is 1. The molecule has 0 bridgehead atoms. The number of aryl methyl sites for hydroxylation is 1. The number of hydrogen-bond acceptors (Lipinski definition) is 4. The Morgan fingerprint density at radius 3 is 2.29 bits per heavy atom. The Bertz CT molecular complexity index is 1480. The molecule has 0 aliphatic rings. The van der Waals surface area contributed by atoms with Crippen LogP contribution in [0.4, 0.5) is 13.2 Å². The predicted octanol–water partition coefficient (Wildman–Crippen LogP) is 4.51. The topological polar surface area (TPSA) is 99.5 Å². The van der Waals surface area contributed by atoms with Gasteiger partial charge >= 0.3 is 6.18 Å². The molecule has 7 nitrogen and oxygen atoms in total. The molecular formula is C24H19F3N4O3. The molecule has 4 aromatic rings. The van der Waals surface area contributed by atoms with Gasteiger partial charge in [0.1, 0.15) is 5.75 Å². The SMILES string of the molecule is C/C(=N\NC(=O)c1cc2ccccc2cc1O)c1c(C)[nH]n(-c2ccc(C(F)(F)F)cc2)c1=O. The highest BCUT2D eigenvalue weighted by Gasteiger charge is 2.30. The van der Waals surface area contributed by atoms with Crippen LogP contribution in [0.3, 0.4) is 0 Å². The summed E-state index contributed by atoms with van der Waals surface area (Å²) in [6.07, 6.45) is -4.48. The first-order valence-electron chi connectivity index (χ1n) is 10.1. The average molecular weight is 468 g/mol. The normalized spacial score (nSPS) is 12.2. The minimum absolute atomic E-state index is 0.0169. The third kappa shape index (κ3) is 4.29. The van der Waals surface area contributed by atoms with Gasteiger partial charge in [-0.05, 0) is 61.0 Å². The van der Waals surface area contributed by atoms with Crippen molar-refractivity contribution < 1.29 is 23.1 Å². The monoisotopic (exact) mass is 468 g/mol. The smallest absolute Gasteiger partial charge is 0.416 e. The van der Waals surface area contributed by atoms with Gasteiger partial charge in [0.15, 0.2) is 0 Å². The molecular weight excluding hydrogens is 449 g/mol. The number of hydrogen-bond donors (Lipinski definition) is 3. The number of carbonyl (C=O) groups excluding carboxylic acids is 1. The molecule has 0 spiro atoms. The number of alkyl halides is 3. The molecule has 1 heterocycles. The standard InChI is InChI=1S/C24H19F3N4O3/c1-13(28-29-22(33)19-11-15-5-3-4-6-16(15)12-20(19)32)21-14(2)30-31(23(21)34)18-9-7-17(8-10-18)24(25,26)27/h3-12,30,32H,1-2H3,(H,29,33)/b28-13+. The van der Waals surface area contributed by atoms with E-state index in [-0.39, 0.29) is 28.3 Å². The van der Waals surface area contributed by atoms with Crippen LogP contribution >= 0.6 is 0 Å². The van der Waals surface area contributed by atoms with E-state index in [1.807, 2.05) is 6.07 Å². The van der Waals surface area contributed by atoms with Crippen molar-refractivity contribution in [3.63, 3.8) is 0 Å². The minimum atomic E-state index is -4.48.